The molecular formula is C32H30ClN3O4S2. The first-order chi connectivity index (χ1) is 20.4. The second kappa shape index (κ2) is 13.5. The number of ether oxygens (including phenoxy) is 3. The number of amides is 1. The van der Waals surface area contributed by atoms with Gasteiger partial charge in [-0.05, 0) is 66.9 Å². The normalized spacial score (nSPS) is 14.1. The lowest BCUT2D eigenvalue weighted by molar-refractivity contribution is -0.122. The van der Waals surface area contributed by atoms with Gasteiger partial charge >= 0.3 is 0 Å². The number of thiocarbonyl (C=S) groups is 1. The molecular weight excluding hydrogens is 590 g/mol. The molecule has 0 radical (unpaired) electrons. The highest BCUT2D eigenvalue weighted by molar-refractivity contribution is 8.26. The Kier molecular flexibility index (Phi) is 9.51. The van der Waals surface area contributed by atoms with Gasteiger partial charge in [0.2, 0.25) is 0 Å². The van der Waals surface area contributed by atoms with Gasteiger partial charge in [-0.25, -0.2) is 4.68 Å². The van der Waals surface area contributed by atoms with E-state index in [2.05, 4.69) is 0 Å². The lowest BCUT2D eigenvalue weighted by Gasteiger charge is -2.15. The molecule has 4 aromatic rings. The fourth-order valence-electron chi connectivity index (χ4n) is 4.52. The number of thioether (sulfide) groups is 1. The molecule has 1 aliphatic heterocycles. The van der Waals surface area contributed by atoms with E-state index >= 15 is 0 Å². The Bertz CT molecular complexity index is 1640. The van der Waals surface area contributed by atoms with Gasteiger partial charge in [-0.2, -0.15) is 5.10 Å². The zero-order valence-electron chi connectivity index (χ0n) is 23.5. The molecule has 5 rings (SSSR count). The van der Waals surface area contributed by atoms with Crippen molar-refractivity contribution in [3.63, 3.8) is 0 Å². The molecule has 0 unspecified atom stereocenters. The van der Waals surface area contributed by atoms with Crippen molar-refractivity contribution in [3.8, 4) is 34.2 Å². The third-order valence-corrected chi connectivity index (χ3v) is 8.34. The molecule has 0 saturated carbocycles. The number of nitrogens with zero attached hydrogens (tertiary/aromatic N) is 3. The highest BCUT2D eigenvalue weighted by Gasteiger charge is 2.32. The summed E-state index contributed by atoms with van der Waals surface area (Å²) in [5.74, 6) is 1.80. The van der Waals surface area contributed by atoms with E-state index in [1.165, 1.54) is 11.8 Å². The van der Waals surface area contributed by atoms with Crippen LogP contribution in [0.4, 0.5) is 0 Å². The number of hydrogen-bond acceptors (Lipinski definition) is 7. The molecule has 1 fully saturated rings. The number of carbonyl (C=O) groups excluding carboxylic acids is 1. The number of hydrogen-bond donors (Lipinski definition) is 0. The van der Waals surface area contributed by atoms with Gasteiger partial charge < -0.3 is 14.2 Å². The fourth-order valence-corrected chi connectivity index (χ4v) is 6.05. The van der Waals surface area contributed by atoms with E-state index in [1.807, 2.05) is 85.9 Å². The number of methoxy groups -OCH3 is 2. The molecule has 0 N–H and O–H groups in total. The summed E-state index contributed by atoms with van der Waals surface area (Å²) in [5.41, 5.74) is 4.19. The van der Waals surface area contributed by atoms with Crippen LogP contribution >= 0.6 is 35.6 Å². The Morgan fingerprint density at radius 2 is 1.76 bits per heavy atom. The van der Waals surface area contributed by atoms with Crippen LogP contribution in [0.5, 0.6) is 17.2 Å². The molecule has 7 nitrogen and oxygen atoms in total. The fraction of sp³-hybridized carbons (Fsp3) is 0.219. The third-order valence-electron chi connectivity index (χ3n) is 6.66. The Morgan fingerprint density at radius 3 is 2.48 bits per heavy atom. The molecule has 10 heteroatoms. The summed E-state index contributed by atoms with van der Waals surface area (Å²) in [6, 6.07) is 21.2. The molecule has 3 aromatic carbocycles. The van der Waals surface area contributed by atoms with Gasteiger partial charge in [0.25, 0.3) is 5.91 Å². The number of halogens is 1. The van der Waals surface area contributed by atoms with Crippen LogP contribution < -0.4 is 14.2 Å². The number of carbonyl (C=O) groups is 1. The monoisotopic (exact) mass is 619 g/mol. The molecule has 1 amide bonds. The summed E-state index contributed by atoms with van der Waals surface area (Å²) in [6.45, 7) is 3.08. The van der Waals surface area contributed by atoms with Gasteiger partial charge in [0.1, 0.15) is 15.8 Å². The van der Waals surface area contributed by atoms with Gasteiger partial charge in [0, 0.05) is 23.9 Å². The lowest BCUT2D eigenvalue weighted by Crippen LogP contribution is -2.30. The second-order valence-corrected chi connectivity index (χ2v) is 11.6. The van der Waals surface area contributed by atoms with E-state index in [4.69, 9.17) is 43.1 Å². The predicted octanol–water partition coefficient (Wildman–Crippen LogP) is 7.44. The number of aromatic nitrogens is 2. The van der Waals surface area contributed by atoms with Crippen molar-refractivity contribution < 1.29 is 19.0 Å². The van der Waals surface area contributed by atoms with Crippen molar-refractivity contribution >= 4 is 51.9 Å². The number of rotatable bonds is 11. The van der Waals surface area contributed by atoms with E-state index in [0.29, 0.717) is 56.8 Å². The number of para-hydroxylation sites is 1. The molecule has 0 aliphatic carbocycles. The Morgan fingerprint density at radius 1 is 1.00 bits per heavy atom. The van der Waals surface area contributed by atoms with Crippen molar-refractivity contribution in [3.05, 3.63) is 94.0 Å². The summed E-state index contributed by atoms with van der Waals surface area (Å²) < 4.78 is 18.8. The molecule has 2 heterocycles. The van der Waals surface area contributed by atoms with Crippen LogP contribution in [0, 0.1) is 0 Å². The smallest absolute Gasteiger partial charge is 0.266 e. The first-order valence-electron chi connectivity index (χ1n) is 13.5. The van der Waals surface area contributed by atoms with Crippen LogP contribution in [0.2, 0.25) is 5.02 Å². The molecule has 1 aromatic heterocycles. The summed E-state index contributed by atoms with van der Waals surface area (Å²) in [7, 11) is 3.20. The summed E-state index contributed by atoms with van der Waals surface area (Å²) in [4.78, 5) is 15.7. The molecule has 0 spiro atoms. The average Bonchev–Trinajstić information content (AvgIpc) is 3.55. The van der Waals surface area contributed by atoms with Crippen molar-refractivity contribution in [2.45, 2.75) is 19.8 Å². The first kappa shape index (κ1) is 29.7. The van der Waals surface area contributed by atoms with Gasteiger partial charge in [-0.1, -0.05) is 66.8 Å². The molecule has 42 heavy (non-hydrogen) atoms. The van der Waals surface area contributed by atoms with Crippen molar-refractivity contribution in [2.24, 2.45) is 0 Å². The molecule has 0 atom stereocenters. The molecule has 1 saturated heterocycles. The van der Waals surface area contributed by atoms with Crippen LogP contribution in [0.25, 0.3) is 23.0 Å². The van der Waals surface area contributed by atoms with Gasteiger partial charge in [0.15, 0.2) is 11.5 Å². The lowest BCUT2D eigenvalue weighted by atomic mass is 10.1. The van der Waals surface area contributed by atoms with Gasteiger partial charge in [-0.15, -0.1) is 0 Å². The zero-order valence-corrected chi connectivity index (χ0v) is 25.9. The summed E-state index contributed by atoms with van der Waals surface area (Å²) >= 11 is 13.5. The van der Waals surface area contributed by atoms with Gasteiger partial charge in [0.05, 0.1) is 36.4 Å². The predicted molar refractivity (Wildman–Crippen MR) is 173 cm³/mol. The minimum absolute atomic E-state index is 0.134. The Labute approximate surface area is 260 Å². The third kappa shape index (κ3) is 6.48. The van der Waals surface area contributed by atoms with E-state index < -0.39 is 0 Å². The van der Waals surface area contributed by atoms with Crippen LogP contribution in [0.3, 0.4) is 0 Å². The largest absolute Gasteiger partial charge is 0.493 e. The summed E-state index contributed by atoms with van der Waals surface area (Å²) in [6.07, 6.45) is 5.27. The van der Waals surface area contributed by atoms with Gasteiger partial charge in [-0.3, -0.25) is 9.69 Å². The van der Waals surface area contributed by atoms with Crippen LogP contribution in [0.1, 0.15) is 24.5 Å². The first-order valence-corrected chi connectivity index (χ1v) is 15.1. The van der Waals surface area contributed by atoms with Crippen molar-refractivity contribution in [2.75, 3.05) is 27.4 Å². The highest BCUT2D eigenvalue weighted by atomic mass is 35.5. The second-order valence-electron chi connectivity index (χ2n) is 9.48. The molecule has 216 valence electrons. The molecule has 1 aliphatic rings. The zero-order chi connectivity index (χ0) is 29.6. The summed E-state index contributed by atoms with van der Waals surface area (Å²) in [5, 5.41) is 5.38. The minimum Gasteiger partial charge on any atom is -0.493 e. The van der Waals surface area contributed by atoms with Crippen LogP contribution in [0.15, 0.2) is 77.8 Å². The average molecular weight is 620 g/mol. The maximum atomic E-state index is 13.5. The molecule has 0 bridgehead atoms. The van der Waals surface area contributed by atoms with Crippen LogP contribution in [-0.4, -0.2) is 52.3 Å². The van der Waals surface area contributed by atoms with E-state index in [9.17, 15) is 4.79 Å². The van der Waals surface area contributed by atoms with Crippen molar-refractivity contribution in [1.29, 1.82) is 0 Å². The van der Waals surface area contributed by atoms with E-state index in [1.54, 1.807) is 23.8 Å². The van der Waals surface area contributed by atoms with E-state index in [-0.39, 0.29) is 5.91 Å². The van der Waals surface area contributed by atoms with Crippen LogP contribution in [-0.2, 0) is 11.2 Å². The maximum absolute atomic E-state index is 13.5. The Hall–Kier alpha value is -3.79. The number of benzene rings is 3. The quantitative estimate of drug-likeness (QED) is 0.128. The van der Waals surface area contributed by atoms with E-state index in [0.717, 1.165) is 28.8 Å². The highest BCUT2D eigenvalue weighted by Crippen LogP contribution is 2.37. The maximum Gasteiger partial charge on any atom is 0.266 e. The minimum atomic E-state index is -0.134. The topological polar surface area (TPSA) is 65.8 Å². The van der Waals surface area contributed by atoms with Crippen molar-refractivity contribution in [1.82, 2.24) is 14.7 Å². The Balaban J connectivity index is 1.43. The standard InChI is InChI=1S/C32H30ClN3O4S2/c1-4-16-40-26-13-11-22(18-25(26)33)30-23(20-36(34-30)24-8-6-5-7-9-24)19-29-31(37)35(32(41)42-29)15-14-21-10-12-27(38-2)28(17-21)39-3/h5-13,17-20H,4,14-16H2,1-3H3. The SMILES string of the molecule is CCCOc1ccc(-c2nn(-c3ccccc3)cc2C=C2SC(=S)N(CCc3ccc(OC)c(OC)c3)C2=O)cc1Cl.